The van der Waals surface area contributed by atoms with Gasteiger partial charge in [0.1, 0.15) is 11.5 Å². The molecule has 0 aliphatic carbocycles. The highest BCUT2D eigenvalue weighted by Crippen LogP contribution is 2.06. The molecule has 20 heavy (non-hydrogen) atoms. The summed E-state index contributed by atoms with van der Waals surface area (Å²) in [6.45, 7) is 6.85. The molecule has 0 heterocycles. The minimum atomic E-state index is -0.447. The summed E-state index contributed by atoms with van der Waals surface area (Å²) in [7, 11) is 0. The molecule has 0 saturated carbocycles. The van der Waals surface area contributed by atoms with Crippen molar-refractivity contribution in [2.24, 2.45) is 0 Å². The van der Waals surface area contributed by atoms with E-state index in [1.165, 1.54) is 0 Å². The van der Waals surface area contributed by atoms with Crippen molar-refractivity contribution in [1.29, 1.82) is 0 Å². The summed E-state index contributed by atoms with van der Waals surface area (Å²) >= 11 is 5.36. The van der Waals surface area contributed by atoms with Gasteiger partial charge in [-0.25, -0.2) is 4.79 Å². The molecule has 0 atom stereocenters. The highest BCUT2D eigenvalue weighted by molar-refractivity contribution is 6.27. The summed E-state index contributed by atoms with van der Waals surface area (Å²) in [4.78, 5) is 22.2. The third-order valence-corrected chi connectivity index (χ3v) is 2.71. The van der Waals surface area contributed by atoms with Crippen LogP contribution in [0.1, 0.15) is 52.9 Å². The molecule has 0 spiro atoms. The van der Waals surface area contributed by atoms with Gasteiger partial charge in [-0.1, -0.05) is 19.3 Å². The van der Waals surface area contributed by atoms with E-state index in [4.69, 9.17) is 16.3 Å². The fourth-order valence-electron chi connectivity index (χ4n) is 1.56. The SMILES string of the molecule is CC(C)(C)OC(=O)NCCCCCCCNC(=O)CCl. The number of rotatable bonds is 9. The molecule has 0 unspecified atom stereocenters. The third-order valence-electron chi connectivity index (χ3n) is 2.47. The van der Waals surface area contributed by atoms with E-state index in [0.29, 0.717) is 13.1 Å². The quantitative estimate of drug-likeness (QED) is 0.508. The van der Waals surface area contributed by atoms with Crippen LogP contribution < -0.4 is 10.6 Å². The van der Waals surface area contributed by atoms with Crippen LogP contribution in [0.2, 0.25) is 0 Å². The van der Waals surface area contributed by atoms with Crippen LogP contribution in [0.4, 0.5) is 4.79 Å². The molecule has 118 valence electrons. The van der Waals surface area contributed by atoms with Crippen molar-refractivity contribution in [3.63, 3.8) is 0 Å². The zero-order chi connectivity index (χ0) is 15.4. The summed E-state index contributed by atoms with van der Waals surface area (Å²) in [5, 5.41) is 5.46. The largest absolute Gasteiger partial charge is 0.444 e. The lowest BCUT2D eigenvalue weighted by molar-refractivity contribution is -0.118. The third kappa shape index (κ3) is 13.5. The van der Waals surface area contributed by atoms with E-state index in [1.54, 1.807) is 0 Å². The molecule has 0 saturated heterocycles. The zero-order valence-corrected chi connectivity index (χ0v) is 13.5. The Bertz CT molecular complexity index is 291. The fraction of sp³-hybridized carbons (Fsp3) is 0.857. The fourth-order valence-corrected chi connectivity index (χ4v) is 1.65. The number of hydrogen-bond acceptors (Lipinski definition) is 3. The standard InChI is InChI=1S/C14H27ClN2O3/c1-14(2,3)20-13(19)17-10-8-6-4-5-7-9-16-12(18)11-15/h4-11H2,1-3H3,(H,16,18)(H,17,19). The van der Waals surface area contributed by atoms with Gasteiger partial charge in [0.25, 0.3) is 0 Å². The van der Waals surface area contributed by atoms with Crippen LogP contribution in [0.3, 0.4) is 0 Å². The van der Waals surface area contributed by atoms with Crippen molar-refractivity contribution in [2.45, 2.75) is 58.5 Å². The Morgan fingerprint density at radius 3 is 1.95 bits per heavy atom. The lowest BCUT2D eigenvalue weighted by atomic mass is 10.1. The van der Waals surface area contributed by atoms with Gasteiger partial charge in [-0.05, 0) is 33.6 Å². The van der Waals surface area contributed by atoms with Gasteiger partial charge in [-0.2, -0.15) is 0 Å². The molecule has 5 nitrogen and oxygen atoms in total. The van der Waals surface area contributed by atoms with E-state index in [-0.39, 0.29) is 17.9 Å². The van der Waals surface area contributed by atoms with Gasteiger partial charge in [-0.15, -0.1) is 11.6 Å². The predicted molar refractivity (Wildman–Crippen MR) is 81.1 cm³/mol. The number of unbranched alkanes of at least 4 members (excludes halogenated alkanes) is 4. The number of nitrogens with one attached hydrogen (secondary N) is 2. The smallest absolute Gasteiger partial charge is 0.407 e. The predicted octanol–water partition coefficient (Wildman–Crippen LogP) is 2.82. The minimum Gasteiger partial charge on any atom is -0.444 e. The van der Waals surface area contributed by atoms with E-state index >= 15 is 0 Å². The summed E-state index contributed by atoms with van der Waals surface area (Å²) in [5.41, 5.74) is -0.447. The zero-order valence-electron chi connectivity index (χ0n) is 12.8. The van der Waals surface area contributed by atoms with Crippen LogP contribution in [-0.4, -0.2) is 36.6 Å². The maximum absolute atomic E-state index is 11.3. The molecule has 0 aliphatic heterocycles. The van der Waals surface area contributed by atoms with Gasteiger partial charge < -0.3 is 15.4 Å². The molecule has 2 amide bonds. The summed E-state index contributed by atoms with van der Waals surface area (Å²) in [6, 6.07) is 0. The van der Waals surface area contributed by atoms with Crippen LogP contribution in [0, 0.1) is 0 Å². The van der Waals surface area contributed by atoms with Gasteiger partial charge >= 0.3 is 6.09 Å². The van der Waals surface area contributed by atoms with Crippen molar-refractivity contribution in [2.75, 3.05) is 19.0 Å². The highest BCUT2D eigenvalue weighted by atomic mass is 35.5. The second-order valence-corrected chi connectivity index (χ2v) is 5.95. The molecule has 0 aromatic carbocycles. The van der Waals surface area contributed by atoms with Crippen molar-refractivity contribution in [1.82, 2.24) is 10.6 Å². The van der Waals surface area contributed by atoms with Gasteiger partial charge in [0, 0.05) is 13.1 Å². The van der Waals surface area contributed by atoms with Crippen LogP contribution in [0.5, 0.6) is 0 Å². The molecule has 0 aliphatic rings. The van der Waals surface area contributed by atoms with Crippen LogP contribution in [0.25, 0.3) is 0 Å². The van der Waals surface area contributed by atoms with Crippen molar-refractivity contribution < 1.29 is 14.3 Å². The number of carbonyl (C=O) groups excluding carboxylic acids is 2. The topological polar surface area (TPSA) is 67.4 Å². The Hall–Kier alpha value is -0.970. The van der Waals surface area contributed by atoms with Crippen LogP contribution in [0.15, 0.2) is 0 Å². The van der Waals surface area contributed by atoms with Crippen molar-refractivity contribution >= 4 is 23.6 Å². The molecular weight excluding hydrogens is 280 g/mol. The highest BCUT2D eigenvalue weighted by Gasteiger charge is 2.15. The number of hydrogen-bond donors (Lipinski definition) is 2. The number of ether oxygens (including phenoxy) is 1. The molecule has 2 N–H and O–H groups in total. The van der Waals surface area contributed by atoms with Gasteiger partial charge in [-0.3, -0.25) is 4.79 Å². The molecule has 0 radical (unpaired) electrons. The lowest BCUT2D eigenvalue weighted by Gasteiger charge is -2.19. The second kappa shape index (κ2) is 10.8. The Balaban J connectivity index is 3.29. The molecule has 6 heteroatoms. The van der Waals surface area contributed by atoms with E-state index < -0.39 is 5.60 Å². The van der Waals surface area contributed by atoms with E-state index in [2.05, 4.69) is 10.6 Å². The lowest BCUT2D eigenvalue weighted by Crippen LogP contribution is -2.32. The maximum atomic E-state index is 11.3. The number of carbonyl (C=O) groups is 2. The Morgan fingerprint density at radius 1 is 0.950 bits per heavy atom. The molecule has 0 rings (SSSR count). The van der Waals surface area contributed by atoms with Crippen molar-refractivity contribution in [3.05, 3.63) is 0 Å². The summed E-state index contributed by atoms with van der Waals surface area (Å²) in [6.07, 6.45) is 4.75. The normalized spacial score (nSPS) is 11.0. The van der Waals surface area contributed by atoms with Crippen LogP contribution in [-0.2, 0) is 9.53 Å². The van der Waals surface area contributed by atoms with Crippen molar-refractivity contribution in [3.8, 4) is 0 Å². The average molecular weight is 307 g/mol. The van der Waals surface area contributed by atoms with Gasteiger partial charge in [0.2, 0.25) is 5.91 Å². The van der Waals surface area contributed by atoms with Crippen LogP contribution >= 0.6 is 11.6 Å². The molecule has 0 bridgehead atoms. The van der Waals surface area contributed by atoms with E-state index in [0.717, 1.165) is 32.1 Å². The van der Waals surface area contributed by atoms with E-state index in [1.807, 2.05) is 20.8 Å². The number of amides is 2. The number of alkyl halides is 1. The number of halogens is 1. The average Bonchev–Trinajstić information content (AvgIpc) is 2.34. The Morgan fingerprint density at radius 2 is 1.45 bits per heavy atom. The first kappa shape index (κ1) is 19.0. The Labute approximate surface area is 126 Å². The second-order valence-electron chi connectivity index (χ2n) is 5.68. The first-order valence-electron chi connectivity index (χ1n) is 7.14. The maximum Gasteiger partial charge on any atom is 0.407 e. The molecule has 0 fully saturated rings. The summed E-state index contributed by atoms with van der Waals surface area (Å²) in [5.74, 6) is -0.0932. The first-order valence-corrected chi connectivity index (χ1v) is 7.68. The minimum absolute atomic E-state index is 0.0241. The molecular formula is C14H27ClN2O3. The molecule has 0 aromatic rings. The van der Waals surface area contributed by atoms with Gasteiger partial charge in [0.05, 0.1) is 0 Å². The molecule has 0 aromatic heterocycles. The monoisotopic (exact) mass is 306 g/mol. The van der Waals surface area contributed by atoms with Gasteiger partial charge in [0.15, 0.2) is 0 Å². The number of alkyl carbamates (subject to hydrolysis) is 1. The first-order chi connectivity index (χ1) is 9.35. The Kier molecular flexibility index (Phi) is 10.3. The van der Waals surface area contributed by atoms with E-state index in [9.17, 15) is 9.59 Å². The summed E-state index contributed by atoms with van der Waals surface area (Å²) < 4.78 is 5.13.